The zero-order valence-corrected chi connectivity index (χ0v) is 14.6. The molecule has 0 radical (unpaired) electrons. The summed E-state index contributed by atoms with van der Waals surface area (Å²) in [4.78, 5) is 0.347. The van der Waals surface area contributed by atoms with Crippen LogP contribution in [0.5, 0.6) is 11.5 Å². The molecule has 0 aromatic heterocycles. The van der Waals surface area contributed by atoms with Crippen LogP contribution in [0.2, 0.25) is 0 Å². The van der Waals surface area contributed by atoms with Crippen LogP contribution in [-0.2, 0) is 6.61 Å². The van der Waals surface area contributed by atoms with Crippen molar-refractivity contribution in [2.24, 2.45) is 5.73 Å². The Labute approximate surface area is 143 Å². The third-order valence-corrected chi connectivity index (χ3v) is 3.79. The van der Waals surface area contributed by atoms with Crippen LogP contribution in [0.1, 0.15) is 18.1 Å². The molecule has 5 heteroatoms. The van der Waals surface area contributed by atoms with E-state index in [1.807, 2.05) is 37.3 Å². The molecule has 3 nitrogen and oxygen atoms in total. The summed E-state index contributed by atoms with van der Waals surface area (Å²) in [5, 5.41) is 0. The van der Waals surface area contributed by atoms with Crippen LogP contribution in [0.15, 0.2) is 42.5 Å². The Morgan fingerprint density at radius 1 is 1.10 bits per heavy atom. The molecule has 2 N–H and O–H groups in total. The van der Waals surface area contributed by atoms with Crippen LogP contribution < -0.4 is 15.2 Å². The highest BCUT2D eigenvalue weighted by Crippen LogP contribution is 2.29. The van der Waals surface area contributed by atoms with E-state index in [9.17, 15) is 0 Å². The molecule has 0 aliphatic rings. The molecule has 0 amide bonds. The molecule has 0 saturated heterocycles. The highest BCUT2D eigenvalue weighted by molar-refractivity contribution is 14.1. The van der Waals surface area contributed by atoms with E-state index < -0.39 is 0 Å². The average molecular weight is 413 g/mol. The molecule has 2 aromatic rings. The smallest absolute Gasteiger partial charge is 0.161 e. The minimum absolute atomic E-state index is 0.347. The summed E-state index contributed by atoms with van der Waals surface area (Å²) in [5.74, 6) is 1.35. The lowest BCUT2D eigenvalue weighted by molar-refractivity contribution is 0.269. The Morgan fingerprint density at radius 2 is 1.81 bits per heavy atom. The molecule has 0 atom stereocenters. The van der Waals surface area contributed by atoms with E-state index in [-0.39, 0.29) is 0 Å². The Hall–Kier alpha value is -1.34. The van der Waals surface area contributed by atoms with Gasteiger partial charge in [-0.25, -0.2) is 0 Å². The molecule has 0 heterocycles. The molecular formula is C16H16INO2S. The third kappa shape index (κ3) is 4.57. The van der Waals surface area contributed by atoms with Gasteiger partial charge in [0, 0.05) is 9.13 Å². The zero-order valence-electron chi connectivity index (χ0n) is 11.6. The molecule has 0 saturated carbocycles. The second-order valence-corrected chi connectivity index (χ2v) is 6.06. The Kier molecular flexibility index (Phi) is 5.81. The predicted octanol–water partition coefficient (Wildman–Crippen LogP) is 3.90. The van der Waals surface area contributed by atoms with Crippen molar-refractivity contribution in [2.45, 2.75) is 13.5 Å². The van der Waals surface area contributed by atoms with E-state index >= 15 is 0 Å². The summed E-state index contributed by atoms with van der Waals surface area (Å²) in [6, 6.07) is 13.7. The van der Waals surface area contributed by atoms with E-state index in [1.54, 1.807) is 0 Å². The van der Waals surface area contributed by atoms with Gasteiger partial charge in [-0.1, -0.05) is 24.4 Å². The van der Waals surface area contributed by atoms with Crippen LogP contribution >= 0.6 is 34.8 Å². The van der Waals surface area contributed by atoms with Crippen LogP contribution in [0, 0.1) is 3.57 Å². The van der Waals surface area contributed by atoms with Crippen LogP contribution in [0.25, 0.3) is 0 Å². The normalized spacial score (nSPS) is 10.2. The molecule has 0 spiro atoms. The molecule has 0 aliphatic heterocycles. The van der Waals surface area contributed by atoms with Crippen molar-refractivity contribution < 1.29 is 9.47 Å². The number of halogens is 1. The van der Waals surface area contributed by atoms with E-state index in [0.29, 0.717) is 29.7 Å². The van der Waals surface area contributed by atoms with Gasteiger partial charge in [-0.2, -0.15) is 0 Å². The lowest BCUT2D eigenvalue weighted by Crippen LogP contribution is -2.10. The fourth-order valence-electron chi connectivity index (χ4n) is 1.79. The number of rotatable bonds is 6. The monoisotopic (exact) mass is 413 g/mol. The maximum Gasteiger partial charge on any atom is 0.161 e. The van der Waals surface area contributed by atoms with Crippen molar-refractivity contribution in [3.8, 4) is 11.5 Å². The number of thiocarbonyl (C=S) groups is 1. The van der Waals surface area contributed by atoms with Gasteiger partial charge in [0.25, 0.3) is 0 Å². The van der Waals surface area contributed by atoms with E-state index in [1.165, 1.54) is 3.57 Å². The number of hydrogen-bond acceptors (Lipinski definition) is 3. The minimum atomic E-state index is 0.347. The van der Waals surface area contributed by atoms with Gasteiger partial charge < -0.3 is 15.2 Å². The molecule has 0 unspecified atom stereocenters. The first-order valence-corrected chi connectivity index (χ1v) is 8.02. The lowest BCUT2D eigenvalue weighted by Gasteiger charge is -2.13. The van der Waals surface area contributed by atoms with E-state index in [2.05, 4.69) is 34.7 Å². The summed E-state index contributed by atoms with van der Waals surface area (Å²) < 4.78 is 12.6. The third-order valence-electron chi connectivity index (χ3n) is 2.84. The van der Waals surface area contributed by atoms with Crippen molar-refractivity contribution in [3.05, 3.63) is 57.2 Å². The van der Waals surface area contributed by atoms with Gasteiger partial charge in [0.1, 0.15) is 11.6 Å². The Bertz CT molecular complexity index is 629. The summed E-state index contributed by atoms with van der Waals surface area (Å²) >= 11 is 7.26. The standard InChI is InChI=1S/C16H16INO2S/c1-2-19-15-9-12(16(18)21)5-8-14(15)20-10-11-3-6-13(17)7-4-11/h3-9H,2,10H2,1H3,(H2,18,21). The van der Waals surface area contributed by atoms with Crippen LogP contribution in [0.4, 0.5) is 0 Å². The van der Waals surface area contributed by atoms with Gasteiger partial charge in [-0.05, 0) is 65.4 Å². The topological polar surface area (TPSA) is 44.5 Å². The zero-order chi connectivity index (χ0) is 15.2. The summed E-state index contributed by atoms with van der Waals surface area (Å²) in [7, 11) is 0. The van der Waals surface area contributed by atoms with Gasteiger partial charge in [-0.15, -0.1) is 0 Å². The van der Waals surface area contributed by atoms with Crippen molar-refractivity contribution in [3.63, 3.8) is 0 Å². The van der Waals surface area contributed by atoms with Crippen molar-refractivity contribution in [1.82, 2.24) is 0 Å². The first-order valence-electron chi connectivity index (χ1n) is 6.54. The molecule has 0 fully saturated rings. The number of nitrogens with two attached hydrogens (primary N) is 1. The molecule has 2 aromatic carbocycles. The lowest BCUT2D eigenvalue weighted by atomic mass is 10.2. The largest absolute Gasteiger partial charge is 0.490 e. The number of benzene rings is 2. The highest BCUT2D eigenvalue weighted by atomic mass is 127. The summed E-state index contributed by atoms with van der Waals surface area (Å²) in [6.45, 7) is 2.97. The second kappa shape index (κ2) is 7.61. The Balaban J connectivity index is 2.14. The Morgan fingerprint density at radius 3 is 2.43 bits per heavy atom. The van der Waals surface area contributed by atoms with Crippen LogP contribution in [-0.4, -0.2) is 11.6 Å². The van der Waals surface area contributed by atoms with Crippen molar-refractivity contribution in [1.29, 1.82) is 0 Å². The maximum atomic E-state index is 5.84. The first-order chi connectivity index (χ1) is 10.1. The van der Waals surface area contributed by atoms with Gasteiger partial charge in [0.2, 0.25) is 0 Å². The van der Waals surface area contributed by atoms with Crippen molar-refractivity contribution in [2.75, 3.05) is 6.61 Å². The molecule has 2 rings (SSSR count). The summed E-state index contributed by atoms with van der Waals surface area (Å²) in [5.41, 5.74) is 7.52. The maximum absolute atomic E-state index is 5.84. The average Bonchev–Trinajstić information content (AvgIpc) is 2.47. The number of hydrogen-bond donors (Lipinski definition) is 1. The molecule has 110 valence electrons. The molecular weight excluding hydrogens is 397 g/mol. The molecule has 0 bridgehead atoms. The van der Waals surface area contributed by atoms with Gasteiger partial charge in [0.05, 0.1) is 6.61 Å². The number of ether oxygens (including phenoxy) is 2. The quantitative estimate of drug-likeness (QED) is 0.577. The fraction of sp³-hybridized carbons (Fsp3) is 0.188. The van der Waals surface area contributed by atoms with E-state index in [4.69, 9.17) is 27.4 Å². The summed E-state index contributed by atoms with van der Waals surface area (Å²) in [6.07, 6.45) is 0. The van der Waals surface area contributed by atoms with Gasteiger partial charge in [0.15, 0.2) is 11.5 Å². The van der Waals surface area contributed by atoms with Crippen molar-refractivity contribution >= 4 is 39.8 Å². The first kappa shape index (κ1) is 16.0. The van der Waals surface area contributed by atoms with Gasteiger partial charge in [-0.3, -0.25) is 0 Å². The fourth-order valence-corrected chi connectivity index (χ4v) is 2.28. The SMILES string of the molecule is CCOc1cc(C(N)=S)ccc1OCc1ccc(I)cc1. The molecule has 0 aliphatic carbocycles. The second-order valence-electron chi connectivity index (χ2n) is 4.37. The molecule has 21 heavy (non-hydrogen) atoms. The van der Waals surface area contributed by atoms with Gasteiger partial charge >= 0.3 is 0 Å². The van der Waals surface area contributed by atoms with Crippen LogP contribution in [0.3, 0.4) is 0 Å². The highest BCUT2D eigenvalue weighted by Gasteiger charge is 2.08. The predicted molar refractivity (Wildman–Crippen MR) is 97.0 cm³/mol. The minimum Gasteiger partial charge on any atom is -0.490 e. The van der Waals surface area contributed by atoms with E-state index in [0.717, 1.165) is 11.1 Å².